The van der Waals surface area contributed by atoms with Crippen molar-refractivity contribution >= 4 is 22.6 Å². The molecule has 1 aromatic carbocycles. The molecule has 0 N–H and O–H groups in total. The molecule has 0 aliphatic rings. The maximum Gasteiger partial charge on any atom is 0.0136 e. The van der Waals surface area contributed by atoms with Crippen LogP contribution in [0.2, 0.25) is 0 Å². The lowest BCUT2D eigenvalue weighted by molar-refractivity contribution is 1.35. The van der Waals surface area contributed by atoms with Gasteiger partial charge in [0.05, 0.1) is 0 Å². The van der Waals surface area contributed by atoms with Gasteiger partial charge in [0.15, 0.2) is 0 Å². The molecule has 1 rings (SSSR count). The van der Waals surface area contributed by atoms with E-state index < -0.39 is 0 Å². The second-order valence-electron chi connectivity index (χ2n) is 2.16. The van der Waals surface area contributed by atoms with E-state index in [1.54, 1.807) is 0 Å². The Balaban J connectivity index is 3.17. The summed E-state index contributed by atoms with van der Waals surface area (Å²) in [5.74, 6) is 0. The summed E-state index contributed by atoms with van der Waals surface area (Å²) < 4.78 is 1.29. The molecule has 0 saturated heterocycles. The average molecular weight is 231 g/mol. The van der Waals surface area contributed by atoms with Crippen LogP contribution in [0.15, 0.2) is 12.1 Å². The molecule has 9 heavy (non-hydrogen) atoms. The van der Waals surface area contributed by atoms with Gasteiger partial charge in [-0.2, -0.15) is 0 Å². The zero-order valence-electron chi connectivity index (χ0n) is 5.53. The van der Waals surface area contributed by atoms with Crippen molar-refractivity contribution in [2.45, 2.75) is 13.8 Å². The molecular weight excluding hydrogens is 223 g/mol. The minimum atomic E-state index is 1.22. The zero-order valence-corrected chi connectivity index (χ0v) is 7.69. The minimum Gasteiger partial charge on any atom is -0.0453 e. The summed E-state index contributed by atoms with van der Waals surface area (Å²) in [6.45, 7) is 4.13. The van der Waals surface area contributed by atoms with Crippen molar-refractivity contribution in [3.8, 4) is 0 Å². The molecule has 0 saturated carbocycles. The van der Waals surface area contributed by atoms with Gasteiger partial charge in [0.2, 0.25) is 0 Å². The first kappa shape index (κ1) is 7.06. The fourth-order valence-electron chi connectivity index (χ4n) is 0.839. The topological polar surface area (TPSA) is 0 Å². The molecule has 0 bridgehead atoms. The Morgan fingerprint density at radius 1 is 1.22 bits per heavy atom. The summed E-state index contributed by atoms with van der Waals surface area (Å²) >= 11 is 2.31. The first-order valence-corrected chi connectivity index (χ1v) is 3.92. The standard InChI is InChI=1S/C8H8I/c1-6-3-7(2)5-8(9)4-6/h4-5H,1-2H3. The van der Waals surface area contributed by atoms with Gasteiger partial charge in [-0.1, -0.05) is 0 Å². The minimum absolute atomic E-state index is 1.22. The van der Waals surface area contributed by atoms with Crippen LogP contribution in [0, 0.1) is 23.5 Å². The summed E-state index contributed by atoms with van der Waals surface area (Å²) in [5, 5.41) is 0. The highest BCUT2D eigenvalue weighted by Crippen LogP contribution is 2.09. The molecule has 1 aromatic rings. The smallest absolute Gasteiger partial charge is 0.0136 e. The van der Waals surface area contributed by atoms with Crippen LogP contribution in [0.1, 0.15) is 11.1 Å². The Hall–Kier alpha value is -0.0500. The van der Waals surface area contributed by atoms with Gasteiger partial charge >= 0.3 is 0 Å². The molecule has 0 aliphatic carbocycles. The van der Waals surface area contributed by atoms with Crippen molar-refractivity contribution in [1.29, 1.82) is 0 Å². The molecule has 0 heterocycles. The largest absolute Gasteiger partial charge is 0.0453 e. The Kier molecular flexibility index (Phi) is 2.11. The number of benzene rings is 1. The fourth-order valence-corrected chi connectivity index (χ4v) is 1.77. The van der Waals surface area contributed by atoms with Crippen molar-refractivity contribution in [2.24, 2.45) is 0 Å². The van der Waals surface area contributed by atoms with Crippen LogP contribution in [0.25, 0.3) is 0 Å². The van der Waals surface area contributed by atoms with Crippen molar-refractivity contribution in [2.75, 3.05) is 0 Å². The predicted molar refractivity (Wildman–Crippen MR) is 47.5 cm³/mol. The molecule has 1 radical (unpaired) electrons. The van der Waals surface area contributed by atoms with Crippen LogP contribution in [-0.4, -0.2) is 0 Å². The Labute approximate surface area is 69.4 Å². The van der Waals surface area contributed by atoms with Gasteiger partial charge in [0.1, 0.15) is 0 Å². The summed E-state index contributed by atoms with van der Waals surface area (Å²) in [7, 11) is 0. The van der Waals surface area contributed by atoms with Gasteiger partial charge in [-0.3, -0.25) is 0 Å². The van der Waals surface area contributed by atoms with E-state index >= 15 is 0 Å². The van der Waals surface area contributed by atoms with Crippen LogP contribution in [0.3, 0.4) is 0 Å². The Morgan fingerprint density at radius 3 is 2.00 bits per heavy atom. The molecule has 0 nitrogen and oxygen atoms in total. The molecule has 1 heteroatoms. The number of rotatable bonds is 0. The second-order valence-corrected chi connectivity index (χ2v) is 3.41. The van der Waals surface area contributed by atoms with E-state index in [1.807, 2.05) is 0 Å². The molecule has 0 fully saturated rings. The lowest BCUT2D eigenvalue weighted by Gasteiger charge is -1.94. The number of halogens is 1. The molecular formula is C8H8I. The van der Waals surface area contributed by atoms with Crippen molar-refractivity contribution in [3.63, 3.8) is 0 Å². The molecule has 0 unspecified atom stereocenters. The van der Waals surface area contributed by atoms with Crippen LogP contribution in [0.4, 0.5) is 0 Å². The number of aryl methyl sites for hydroxylation is 2. The summed E-state index contributed by atoms with van der Waals surface area (Å²) in [5.41, 5.74) is 2.44. The molecule has 0 aliphatic heterocycles. The van der Waals surface area contributed by atoms with E-state index in [2.05, 4.69) is 54.6 Å². The van der Waals surface area contributed by atoms with Crippen molar-refractivity contribution in [3.05, 3.63) is 32.9 Å². The maximum atomic E-state index is 3.21. The van der Waals surface area contributed by atoms with E-state index in [0.717, 1.165) is 0 Å². The highest BCUT2D eigenvalue weighted by Gasteiger charge is 1.89. The molecule has 0 amide bonds. The predicted octanol–water partition coefficient (Wildman–Crippen LogP) is 2.71. The Bertz CT molecular complexity index is 165. The first-order chi connectivity index (χ1) is 4.18. The molecule has 0 spiro atoms. The van der Waals surface area contributed by atoms with Crippen molar-refractivity contribution < 1.29 is 0 Å². The van der Waals surface area contributed by atoms with E-state index in [9.17, 15) is 0 Å². The third-order valence-corrected chi connectivity index (χ3v) is 1.73. The van der Waals surface area contributed by atoms with E-state index in [4.69, 9.17) is 0 Å². The third-order valence-electron chi connectivity index (χ3n) is 1.10. The zero-order chi connectivity index (χ0) is 6.85. The summed E-state index contributed by atoms with van der Waals surface area (Å²) in [6, 6.07) is 7.44. The third kappa shape index (κ3) is 1.97. The highest BCUT2D eigenvalue weighted by molar-refractivity contribution is 14.1. The lowest BCUT2D eigenvalue weighted by Crippen LogP contribution is -1.78. The lowest BCUT2D eigenvalue weighted by atomic mass is 10.2. The number of hydrogen-bond donors (Lipinski definition) is 0. The van der Waals surface area contributed by atoms with Gasteiger partial charge in [-0.05, 0) is 65.8 Å². The molecule has 0 atom stereocenters. The molecule has 0 aromatic heterocycles. The second kappa shape index (κ2) is 2.69. The van der Waals surface area contributed by atoms with E-state index in [0.29, 0.717) is 0 Å². The van der Waals surface area contributed by atoms with Gasteiger partial charge in [0.25, 0.3) is 0 Å². The first-order valence-electron chi connectivity index (χ1n) is 2.84. The average Bonchev–Trinajstić information content (AvgIpc) is 1.59. The summed E-state index contributed by atoms with van der Waals surface area (Å²) in [6.07, 6.45) is 0. The van der Waals surface area contributed by atoms with Crippen LogP contribution in [0.5, 0.6) is 0 Å². The van der Waals surface area contributed by atoms with Gasteiger partial charge in [-0.15, -0.1) is 0 Å². The number of hydrogen-bond acceptors (Lipinski definition) is 0. The monoisotopic (exact) mass is 231 g/mol. The van der Waals surface area contributed by atoms with Crippen LogP contribution >= 0.6 is 22.6 Å². The summed E-state index contributed by atoms with van der Waals surface area (Å²) in [4.78, 5) is 0. The van der Waals surface area contributed by atoms with Crippen LogP contribution in [-0.2, 0) is 0 Å². The van der Waals surface area contributed by atoms with Gasteiger partial charge in [-0.25, -0.2) is 0 Å². The maximum absolute atomic E-state index is 3.21. The van der Waals surface area contributed by atoms with Crippen LogP contribution < -0.4 is 0 Å². The Morgan fingerprint density at radius 2 is 1.67 bits per heavy atom. The normalized spacial score (nSPS) is 9.67. The fraction of sp³-hybridized carbons (Fsp3) is 0.250. The van der Waals surface area contributed by atoms with E-state index in [1.165, 1.54) is 14.7 Å². The van der Waals surface area contributed by atoms with E-state index in [-0.39, 0.29) is 0 Å². The highest BCUT2D eigenvalue weighted by atomic mass is 127. The SMILES string of the molecule is Cc1[c]c(C)cc(I)c1. The van der Waals surface area contributed by atoms with Gasteiger partial charge in [0, 0.05) is 3.57 Å². The quantitative estimate of drug-likeness (QED) is 0.602. The van der Waals surface area contributed by atoms with Gasteiger partial charge < -0.3 is 0 Å². The molecule has 47 valence electrons. The van der Waals surface area contributed by atoms with Crippen molar-refractivity contribution in [1.82, 2.24) is 0 Å².